The average molecular weight is 492 g/mol. The fraction of sp³-hybridized carbons (Fsp3) is 0.680. The molecular weight excluding hydrogens is 450 g/mol. The molecule has 0 aromatic carbocycles. The number of amidine groups is 1. The van der Waals surface area contributed by atoms with Gasteiger partial charge in [0, 0.05) is 25.9 Å². The molecule has 0 bridgehead atoms. The predicted octanol–water partition coefficient (Wildman–Crippen LogP) is 3.63. The summed E-state index contributed by atoms with van der Waals surface area (Å²) in [6.07, 6.45) is 4.40. The van der Waals surface area contributed by atoms with Crippen LogP contribution in [-0.4, -0.2) is 68.9 Å². The minimum absolute atomic E-state index is 0.00256. The standard InChI is InChI=1S/C25H41N3O5Si/c1-10-13-32-23(31)27-20-12-11-17(28(20)7)14-16(2)19(29)15-18-21(22(30)26-18)25(6,24(3,4)5)33-34(8)9/h10,14,17-18,21,34H,1,11-13,15H2,2-9H3,(H,26,30)/b16-14+,27-20-/t17-,18+,21+,25+/m0/s1. The van der Waals surface area contributed by atoms with E-state index in [2.05, 4.69) is 50.8 Å². The van der Waals surface area contributed by atoms with Gasteiger partial charge in [-0.05, 0) is 44.4 Å². The average Bonchev–Trinajstić information content (AvgIpc) is 3.03. The minimum Gasteiger partial charge on any atom is -0.444 e. The zero-order chi connectivity index (χ0) is 25.8. The fourth-order valence-electron chi connectivity index (χ4n) is 4.63. The molecule has 1 N–H and O–H groups in total. The zero-order valence-electron chi connectivity index (χ0n) is 21.9. The molecule has 2 rings (SSSR count). The molecule has 9 heteroatoms. The van der Waals surface area contributed by atoms with E-state index in [-0.39, 0.29) is 48.1 Å². The lowest BCUT2D eigenvalue weighted by Gasteiger charge is -2.54. The molecule has 2 heterocycles. The summed E-state index contributed by atoms with van der Waals surface area (Å²) in [6.45, 7) is 17.9. The Hall–Kier alpha value is -2.26. The van der Waals surface area contributed by atoms with Crippen LogP contribution in [0.3, 0.4) is 0 Å². The number of ether oxygens (including phenoxy) is 1. The maximum absolute atomic E-state index is 13.1. The third kappa shape index (κ3) is 6.24. The Kier molecular flexibility index (Phi) is 9.04. The van der Waals surface area contributed by atoms with Gasteiger partial charge in [-0.25, -0.2) is 4.79 Å². The van der Waals surface area contributed by atoms with Gasteiger partial charge in [-0.2, -0.15) is 4.99 Å². The Balaban J connectivity index is 2.09. The second kappa shape index (κ2) is 11.0. The monoisotopic (exact) mass is 491 g/mol. The van der Waals surface area contributed by atoms with Crippen LogP contribution in [-0.2, 0) is 18.8 Å². The zero-order valence-corrected chi connectivity index (χ0v) is 23.1. The van der Waals surface area contributed by atoms with Gasteiger partial charge in [-0.15, -0.1) is 0 Å². The van der Waals surface area contributed by atoms with Gasteiger partial charge in [0.25, 0.3) is 0 Å². The van der Waals surface area contributed by atoms with Crippen molar-refractivity contribution in [3.05, 3.63) is 24.3 Å². The maximum atomic E-state index is 13.1. The summed E-state index contributed by atoms with van der Waals surface area (Å²) < 4.78 is 11.4. The van der Waals surface area contributed by atoms with Gasteiger partial charge in [0.2, 0.25) is 5.91 Å². The van der Waals surface area contributed by atoms with Crippen LogP contribution in [0, 0.1) is 11.3 Å². The number of rotatable bonds is 9. The smallest absolute Gasteiger partial charge is 0.435 e. The first-order valence-electron chi connectivity index (χ1n) is 12.0. The van der Waals surface area contributed by atoms with Gasteiger partial charge < -0.3 is 19.4 Å². The molecule has 0 radical (unpaired) electrons. The summed E-state index contributed by atoms with van der Waals surface area (Å²) in [4.78, 5) is 43.4. The number of ketones is 1. The molecule has 0 aromatic rings. The number of nitrogens with one attached hydrogen (secondary N) is 1. The van der Waals surface area contributed by atoms with E-state index in [4.69, 9.17) is 9.16 Å². The quantitative estimate of drug-likeness (QED) is 0.229. The second-order valence-corrected chi connectivity index (χ2v) is 13.0. The van der Waals surface area contributed by atoms with Crippen LogP contribution in [0.25, 0.3) is 0 Å². The van der Waals surface area contributed by atoms with Crippen LogP contribution >= 0.6 is 0 Å². The van der Waals surface area contributed by atoms with Crippen molar-refractivity contribution in [2.45, 2.75) is 84.7 Å². The number of β-lactam (4-membered cyclic amide) rings is 1. The van der Waals surface area contributed by atoms with Crippen molar-refractivity contribution >= 4 is 32.7 Å². The van der Waals surface area contributed by atoms with Crippen molar-refractivity contribution in [3.63, 3.8) is 0 Å². The van der Waals surface area contributed by atoms with Gasteiger partial charge >= 0.3 is 6.09 Å². The number of hydrogen-bond donors (Lipinski definition) is 1. The lowest BCUT2D eigenvalue weighted by molar-refractivity contribution is -0.160. The van der Waals surface area contributed by atoms with Crippen molar-refractivity contribution in [1.29, 1.82) is 0 Å². The van der Waals surface area contributed by atoms with E-state index in [0.717, 1.165) is 6.42 Å². The van der Waals surface area contributed by atoms with Gasteiger partial charge in [0.05, 0.1) is 17.6 Å². The van der Waals surface area contributed by atoms with Crippen LogP contribution in [0.4, 0.5) is 4.79 Å². The van der Waals surface area contributed by atoms with E-state index in [1.807, 2.05) is 24.9 Å². The summed E-state index contributed by atoms with van der Waals surface area (Å²) in [5.41, 5.74) is -0.257. The first-order chi connectivity index (χ1) is 15.7. The Labute approximate surface area is 205 Å². The number of amides is 2. The van der Waals surface area contributed by atoms with Crippen LogP contribution in [0.1, 0.15) is 53.9 Å². The van der Waals surface area contributed by atoms with Gasteiger partial charge in [0.1, 0.15) is 12.4 Å². The first-order valence-corrected chi connectivity index (χ1v) is 14.8. The molecule has 0 unspecified atom stereocenters. The predicted molar refractivity (Wildman–Crippen MR) is 136 cm³/mol. The molecule has 2 saturated heterocycles. The van der Waals surface area contributed by atoms with Gasteiger partial charge in [0.15, 0.2) is 14.8 Å². The van der Waals surface area contributed by atoms with E-state index in [1.54, 1.807) is 6.92 Å². The fourth-order valence-corrected chi connectivity index (χ4v) is 6.11. The summed E-state index contributed by atoms with van der Waals surface area (Å²) in [5, 5.41) is 2.94. The summed E-state index contributed by atoms with van der Waals surface area (Å²) in [7, 11) is 0.433. The largest absolute Gasteiger partial charge is 0.444 e. The topological polar surface area (TPSA) is 97.3 Å². The molecule has 2 aliphatic rings. The summed E-state index contributed by atoms with van der Waals surface area (Å²) in [6, 6.07) is -0.282. The number of hydrogen-bond acceptors (Lipinski definition) is 5. The number of allylic oxidation sites excluding steroid dienone is 1. The molecule has 0 saturated carbocycles. The third-order valence-corrected chi connectivity index (χ3v) is 7.94. The van der Waals surface area contributed by atoms with E-state index < -0.39 is 20.7 Å². The van der Waals surface area contributed by atoms with E-state index in [0.29, 0.717) is 17.8 Å². The van der Waals surface area contributed by atoms with Crippen LogP contribution < -0.4 is 5.32 Å². The molecular formula is C25H41N3O5Si. The molecule has 34 heavy (non-hydrogen) atoms. The number of likely N-dealkylation sites (N-methyl/N-ethyl adjacent to an activating group) is 1. The van der Waals surface area contributed by atoms with Crippen molar-refractivity contribution in [1.82, 2.24) is 10.2 Å². The van der Waals surface area contributed by atoms with Crippen LogP contribution in [0.5, 0.6) is 0 Å². The minimum atomic E-state index is -1.42. The molecule has 2 amide bonds. The number of Topliss-reactive ketones (excluding diaryl/α,β-unsaturated/α-hetero) is 1. The summed E-state index contributed by atoms with van der Waals surface area (Å²) >= 11 is 0. The second-order valence-electron chi connectivity index (χ2n) is 10.7. The van der Waals surface area contributed by atoms with Crippen molar-refractivity contribution in [3.8, 4) is 0 Å². The SMILES string of the molecule is C=CCOC(=O)/N=C1/CC[C@@H](/C=C(\C)C(=O)C[C@H]2NC(=O)[C@@H]2[C@@](C)(O[SiH](C)C)C(C)(C)C)N1C. The van der Waals surface area contributed by atoms with Crippen molar-refractivity contribution < 1.29 is 23.5 Å². The highest BCUT2D eigenvalue weighted by Crippen LogP contribution is 2.45. The molecule has 190 valence electrons. The molecule has 0 spiro atoms. The molecule has 4 atom stereocenters. The van der Waals surface area contributed by atoms with Crippen molar-refractivity contribution in [2.24, 2.45) is 16.3 Å². The van der Waals surface area contributed by atoms with E-state index in [1.165, 1.54) is 6.08 Å². The Morgan fingerprint density at radius 1 is 1.29 bits per heavy atom. The van der Waals surface area contributed by atoms with Crippen molar-refractivity contribution in [2.75, 3.05) is 13.7 Å². The number of carbonyl (C=O) groups is 3. The highest BCUT2D eigenvalue weighted by molar-refractivity contribution is 6.48. The lowest BCUT2D eigenvalue weighted by atomic mass is 9.63. The molecule has 2 fully saturated rings. The molecule has 0 aromatic heterocycles. The highest BCUT2D eigenvalue weighted by atomic mass is 28.3. The maximum Gasteiger partial charge on any atom is 0.435 e. The molecule has 0 aliphatic carbocycles. The normalized spacial score (nSPS) is 26.2. The Bertz CT molecular complexity index is 876. The molecule has 2 aliphatic heterocycles. The number of carbonyl (C=O) groups excluding carboxylic acids is 3. The highest BCUT2D eigenvalue weighted by Gasteiger charge is 2.57. The first kappa shape index (κ1) is 28.0. The summed E-state index contributed by atoms with van der Waals surface area (Å²) in [5.74, 6) is 0.218. The van der Waals surface area contributed by atoms with Gasteiger partial charge in [-0.1, -0.05) is 39.5 Å². The number of likely N-dealkylation sites (tertiary alicyclic amines) is 1. The lowest BCUT2D eigenvalue weighted by Crippen LogP contribution is -2.70. The van der Waals surface area contributed by atoms with Gasteiger partial charge in [-0.3, -0.25) is 9.59 Å². The molecule has 8 nitrogen and oxygen atoms in total. The van der Waals surface area contributed by atoms with E-state index in [9.17, 15) is 14.4 Å². The van der Waals surface area contributed by atoms with E-state index >= 15 is 0 Å². The van der Waals surface area contributed by atoms with Crippen LogP contribution in [0.15, 0.2) is 29.3 Å². The third-order valence-electron chi connectivity index (χ3n) is 6.98. The van der Waals surface area contributed by atoms with Crippen LogP contribution in [0.2, 0.25) is 13.1 Å². The number of aliphatic imine (C=N–C) groups is 1. The number of nitrogens with zero attached hydrogens (tertiary/aromatic N) is 2. The Morgan fingerprint density at radius 2 is 1.94 bits per heavy atom. The Morgan fingerprint density at radius 3 is 2.47 bits per heavy atom.